The second-order valence-electron chi connectivity index (χ2n) is 5.80. The number of nitrogens with zero attached hydrogens (tertiary/aromatic N) is 1. The van der Waals surface area contributed by atoms with Crippen LogP contribution in [0.1, 0.15) is 31.2 Å². The lowest BCUT2D eigenvalue weighted by Crippen LogP contribution is -2.40. The molecule has 0 aromatic heterocycles. The van der Waals surface area contributed by atoms with E-state index in [1.54, 1.807) is 7.11 Å². The van der Waals surface area contributed by atoms with Gasteiger partial charge in [0.2, 0.25) is 0 Å². The van der Waals surface area contributed by atoms with Crippen LogP contribution in [-0.4, -0.2) is 36.4 Å². The van der Waals surface area contributed by atoms with Crippen molar-refractivity contribution in [3.63, 3.8) is 0 Å². The standard InChI is InChI=1S/C16H23NOS/c1-17-13-5-6-14(17)10-16(9-13)19-11-12-3-7-15(18-2)8-4-12/h3-4,7-8,13-14,16H,5-6,9-11H2,1-2H3/t13-,14+,16?. The van der Waals surface area contributed by atoms with E-state index in [1.807, 2.05) is 0 Å². The Kier molecular flexibility index (Phi) is 4.04. The number of benzene rings is 1. The zero-order valence-electron chi connectivity index (χ0n) is 11.8. The first-order valence-corrected chi connectivity index (χ1v) is 8.27. The van der Waals surface area contributed by atoms with Gasteiger partial charge in [-0.15, -0.1) is 0 Å². The average molecular weight is 277 g/mol. The summed E-state index contributed by atoms with van der Waals surface area (Å²) in [5, 5.41) is 0.857. The fourth-order valence-corrected chi connectivity index (χ4v) is 4.77. The van der Waals surface area contributed by atoms with Gasteiger partial charge >= 0.3 is 0 Å². The van der Waals surface area contributed by atoms with Crippen LogP contribution in [-0.2, 0) is 5.75 Å². The third-order valence-electron chi connectivity index (χ3n) is 4.70. The van der Waals surface area contributed by atoms with Gasteiger partial charge in [-0.2, -0.15) is 11.8 Å². The molecule has 2 saturated heterocycles. The van der Waals surface area contributed by atoms with Gasteiger partial charge in [-0.3, -0.25) is 0 Å². The van der Waals surface area contributed by atoms with Crippen LogP contribution in [0.3, 0.4) is 0 Å². The van der Waals surface area contributed by atoms with Crippen LogP contribution in [0.2, 0.25) is 0 Å². The number of rotatable bonds is 4. The molecule has 1 unspecified atom stereocenters. The smallest absolute Gasteiger partial charge is 0.118 e. The van der Waals surface area contributed by atoms with Gasteiger partial charge in [-0.25, -0.2) is 0 Å². The number of hydrogen-bond acceptors (Lipinski definition) is 3. The predicted octanol–water partition coefficient (Wildman–Crippen LogP) is 3.55. The maximum absolute atomic E-state index is 5.20. The Bertz CT molecular complexity index is 405. The minimum atomic E-state index is 0.854. The summed E-state index contributed by atoms with van der Waals surface area (Å²) in [5.74, 6) is 2.09. The summed E-state index contributed by atoms with van der Waals surface area (Å²) in [4.78, 5) is 2.62. The van der Waals surface area contributed by atoms with Gasteiger partial charge in [0.25, 0.3) is 0 Å². The zero-order valence-corrected chi connectivity index (χ0v) is 12.7. The molecular formula is C16H23NOS. The first-order valence-electron chi connectivity index (χ1n) is 7.22. The van der Waals surface area contributed by atoms with E-state index in [2.05, 4.69) is 48.0 Å². The van der Waals surface area contributed by atoms with Crippen LogP contribution in [0.25, 0.3) is 0 Å². The monoisotopic (exact) mass is 277 g/mol. The summed E-state index contributed by atoms with van der Waals surface area (Å²) in [6.45, 7) is 0. The van der Waals surface area contributed by atoms with Gasteiger partial charge in [0.1, 0.15) is 5.75 Å². The summed E-state index contributed by atoms with van der Waals surface area (Å²) < 4.78 is 5.20. The van der Waals surface area contributed by atoms with Crippen molar-refractivity contribution < 1.29 is 4.74 Å². The molecule has 2 bridgehead atoms. The quantitative estimate of drug-likeness (QED) is 0.835. The molecule has 104 valence electrons. The molecule has 0 saturated carbocycles. The summed E-state index contributed by atoms with van der Waals surface area (Å²) >= 11 is 2.15. The molecular weight excluding hydrogens is 254 g/mol. The second kappa shape index (κ2) is 5.76. The topological polar surface area (TPSA) is 12.5 Å². The van der Waals surface area contributed by atoms with Gasteiger partial charge in [0.05, 0.1) is 7.11 Å². The van der Waals surface area contributed by atoms with Crippen molar-refractivity contribution in [1.82, 2.24) is 4.90 Å². The third-order valence-corrected chi connectivity index (χ3v) is 6.06. The van der Waals surface area contributed by atoms with Crippen molar-refractivity contribution in [2.24, 2.45) is 0 Å². The minimum absolute atomic E-state index is 0.854. The maximum atomic E-state index is 5.20. The Labute approximate surface area is 120 Å². The van der Waals surface area contributed by atoms with Gasteiger partial charge in [-0.1, -0.05) is 12.1 Å². The summed E-state index contributed by atoms with van der Waals surface area (Å²) in [6, 6.07) is 10.2. The van der Waals surface area contributed by atoms with E-state index >= 15 is 0 Å². The van der Waals surface area contributed by atoms with Crippen LogP contribution < -0.4 is 4.74 Å². The SMILES string of the molecule is COc1ccc(CSC2C[C@H]3CC[C@@H](C2)N3C)cc1. The van der Waals surface area contributed by atoms with Crippen LogP contribution in [0.15, 0.2) is 24.3 Å². The highest BCUT2D eigenvalue weighted by Crippen LogP contribution is 2.39. The highest BCUT2D eigenvalue weighted by atomic mass is 32.2. The number of thioether (sulfide) groups is 1. The molecule has 19 heavy (non-hydrogen) atoms. The van der Waals surface area contributed by atoms with Crippen LogP contribution in [0.4, 0.5) is 0 Å². The fraction of sp³-hybridized carbons (Fsp3) is 0.625. The van der Waals surface area contributed by atoms with Crippen molar-refractivity contribution >= 4 is 11.8 Å². The molecule has 2 aliphatic heterocycles. The van der Waals surface area contributed by atoms with Gasteiger partial charge in [0, 0.05) is 23.1 Å². The zero-order chi connectivity index (χ0) is 13.2. The number of ether oxygens (including phenoxy) is 1. The van der Waals surface area contributed by atoms with E-state index < -0.39 is 0 Å². The summed E-state index contributed by atoms with van der Waals surface area (Å²) in [5.41, 5.74) is 1.41. The first kappa shape index (κ1) is 13.3. The van der Waals surface area contributed by atoms with Crippen LogP contribution in [0.5, 0.6) is 5.75 Å². The molecule has 3 atom stereocenters. The molecule has 0 radical (unpaired) electrons. The van der Waals surface area contributed by atoms with Gasteiger partial charge in [0.15, 0.2) is 0 Å². The van der Waals surface area contributed by atoms with E-state index in [4.69, 9.17) is 4.74 Å². The van der Waals surface area contributed by atoms with Crippen molar-refractivity contribution in [1.29, 1.82) is 0 Å². The molecule has 2 aliphatic rings. The summed E-state index contributed by atoms with van der Waals surface area (Å²) in [6.07, 6.45) is 5.60. The number of methoxy groups -OCH3 is 1. The van der Waals surface area contributed by atoms with Crippen molar-refractivity contribution in [2.75, 3.05) is 14.2 Å². The molecule has 3 heteroatoms. The lowest BCUT2D eigenvalue weighted by Gasteiger charge is -2.36. The Morgan fingerprint density at radius 1 is 1.16 bits per heavy atom. The highest BCUT2D eigenvalue weighted by molar-refractivity contribution is 7.99. The normalized spacial score (nSPS) is 30.5. The third kappa shape index (κ3) is 2.92. The maximum Gasteiger partial charge on any atom is 0.118 e. The molecule has 1 aromatic rings. The van der Waals surface area contributed by atoms with Crippen LogP contribution in [0, 0.1) is 0 Å². The van der Waals surface area contributed by atoms with E-state index in [-0.39, 0.29) is 0 Å². The molecule has 2 fully saturated rings. The Hall–Kier alpha value is -0.670. The first-order chi connectivity index (χ1) is 9.26. The van der Waals surface area contributed by atoms with Gasteiger partial charge < -0.3 is 9.64 Å². The van der Waals surface area contributed by atoms with E-state index in [1.165, 1.54) is 31.2 Å². The average Bonchev–Trinajstić information content (AvgIpc) is 2.68. The molecule has 2 nitrogen and oxygen atoms in total. The molecule has 1 aromatic carbocycles. The molecule has 0 N–H and O–H groups in total. The van der Waals surface area contributed by atoms with E-state index in [0.29, 0.717) is 0 Å². The Morgan fingerprint density at radius 3 is 2.37 bits per heavy atom. The Balaban J connectivity index is 1.52. The van der Waals surface area contributed by atoms with E-state index in [9.17, 15) is 0 Å². The number of piperidine rings is 1. The lowest BCUT2D eigenvalue weighted by atomic mass is 10.0. The number of fused-ring (bicyclic) bond motifs is 2. The molecule has 2 heterocycles. The van der Waals surface area contributed by atoms with Crippen molar-refractivity contribution in [3.05, 3.63) is 29.8 Å². The van der Waals surface area contributed by atoms with Crippen molar-refractivity contribution in [2.45, 2.75) is 48.8 Å². The van der Waals surface area contributed by atoms with Gasteiger partial charge in [-0.05, 0) is 50.4 Å². The fourth-order valence-electron chi connectivity index (χ4n) is 3.43. The predicted molar refractivity (Wildman–Crippen MR) is 81.9 cm³/mol. The molecule has 3 rings (SSSR count). The highest BCUT2D eigenvalue weighted by Gasteiger charge is 2.38. The summed E-state index contributed by atoms with van der Waals surface area (Å²) in [7, 11) is 4.03. The minimum Gasteiger partial charge on any atom is -0.497 e. The van der Waals surface area contributed by atoms with Crippen molar-refractivity contribution in [3.8, 4) is 5.75 Å². The molecule has 0 amide bonds. The number of hydrogen-bond donors (Lipinski definition) is 0. The molecule has 0 aliphatic carbocycles. The van der Waals surface area contributed by atoms with E-state index in [0.717, 1.165) is 28.8 Å². The molecule has 0 spiro atoms. The Morgan fingerprint density at radius 2 is 1.79 bits per heavy atom. The van der Waals surface area contributed by atoms with Crippen LogP contribution >= 0.6 is 11.8 Å². The largest absolute Gasteiger partial charge is 0.497 e. The lowest BCUT2D eigenvalue weighted by molar-refractivity contribution is 0.183. The second-order valence-corrected chi connectivity index (χ2v) is 7.09.